The van der Waals surface area contributed by atoms with Gasteiger partial charge in [0.2, 0.25) is 0 Å². The van der Waals surface area contributed by atoms with Gasteiger partial charge in [-0.1, -0.05) is 31.4 Å². The van der Waals surface area contributed by atoms with Crippen LogP contribution in [0.5, 0.6) is 0 Å². The van der Waals surface area contributed by atoms with Gasteiger partial charge in [-0.25, -0.2) is 0 Å². The van der Waals surface area contributed by atoms with Gasteiger partial charge in [0.1, 0.15) is 0 Å². The molecule has 0 spiro atoms. The van der Waals surface area contributed by atoms with E-state index in [0.29, 0.717) is 0 Å². The highest BCUT2D eigenvalue weighted by atomic mass is 14.9. The molecule has 1 saturated carbocycles. The topological polar surface area (TPSA) is 4.93 Å². The fourth-order valence-corrected chi connectivity index (χ4v) is 3.61. The fraction of sp³-hybridized carbons (Fsp3) is 0.529. The van der Waals surface area contributed by atoms with Crippen LogP contribution >= 0.6 is 0 Å². The SMILES string of the molecule is Cc1ccc2c(C3CCCCC3)c(C)n(C)c2c1. The normalized spacial score (nSPS) is 17.5. The van der Waals surface area contributed by atoms with Crippen molar-refractivity contribution in [3.05, 3.63) is 35.0 Å². The zero-order chi connectivity index (χ0) is 12.7. The maximum absolute atomic E-state index is 2.38. The molecule has 0 radical (unpaired) electrons. The molecule has 1 aliphatic carbocycles. The number of rotatable bonds is 1. The molecule has 0 aliphatic heterocycles. The van der Waals surface area contributed by atoms with Gasteiger partial charge in [-0.3, -0.25) is 0 Å². The van der Waals surface area contributed by atoms with Gasteiger partial charge in [-0.15, -0.1) is 0 Å². The summed E-state index contributed by atoms with van der Waals surface area (Å²) in [5.41, 5.74) is 5.88. The molecule has 0 bridgehead atoms. The van der Waals surface area contributed by atoms with Crippen molar-refractivity contribution in [1.82, 2.24) is 4.57 Å². The van der Waals surface area contributed by atoms with Crippen molar-refractivity contribution in [3.8, 4) is 0 Å². The molecule has 1 heteroatoms. The third kappa shape index (κ3) is 1.77. The van der Waals surface area contributed by atoms with E-state index in [1.165, 1.54) is 54.3 Å². The molecular weight excluding hydrogens is 218 g/mol. The van der Waals surface area contributed by atoms with Crippen LogP contribution in [0.15, 0.2) is 18.2 Å². The standard InChI is InChI=1S/C17H23N/c1-12-9-10-15-16(11-12)18(3)13(2)17(15)14-7-5-4-6-8-14/h9-11,14H,4-8H2,1-3H3. The second kappa shape index (κ2) is 4.46. The molecule has 2 aromatic rings. The minimum Gasteiger partial charge on any atom is -0.348 e. The average molecular weight is 241 g/mol. The molecule has 18 heavy (non-hydrogen) atoms. The Morgan fingerprint density at radius 3 is 2.50 bits per heavy atom. The highest BCUT2D eigenvalue weighted by Crippen LogP contribution is 2.39. The molecule has 0 amide bonds. The second-order valence-corrected chi connectivity index (χ2v) is 5.91. The van der Waals surface area contributed by atoms with Gasteiger partial charge >= 0.3 is 0 Å². The van der Waals surface area contributed by atoms with E-state index in [-0.39, 0.29) is 0 Å². The molecule has 1 aromatic heterocycles. The third-order valence-corrected chi connectivity index (χ3v) is 4.71. The van der Waals surface area contributed by atoms with Crippen molar-refractivity contribution in [3.63, 3.8) is 0 Å². The molecule has 0 N–H and O–H groups in total. The molecular formula is C17H23N. The quantitative estimate of drug-likeness (QED) is 0.673. The van der Waals surface area contributed by atoms with Crippen LogP contribution in [-0.4, -0.2) is 4.57 Å². The molecule has 1 fully saturated rings. The van der Waals surface area contributed by atoms with Gasteiger partial charge < -0.3 is 4.57 Å². The Bertz CT molecular complexity index is 571. The molecule has 1 aliphatic rings. The number of benzene rings is 1. The zero-order valence-corrected chi connectivity index (χ0v) is 11.8. The van der Waals surface area contributed by atoms with E-state index in [9.17, 15) is 0 Å². The first-order valence-corrected chi connectivity index (χ1v) is 7.24. The summed E-state index contributed by atoms with van der Waals surface area (Å²) in [6.07, 6.45) is 7.01. The summed E-state index contributed by atoms with van der Waals surface area (Å²) >= 11 is 0. The molecule has 0 unspecified atom stereocenters. The van der Waals surface area contributed by atoms with Gasteiger partial charge in [-0.05, 0) is 49.8 Å². The first-order chi connectivity index (χ1) is 8.68. The van der Waals surface area contributed by atoms with Crippen LogP contribution in [0.25, 0.3) is 10.9 Å². The monoisotopic (exact) mass is 241 g/mol. The van der Waals surface area contributed by atoms with Gasteiger partial charge in [0.05, 0.1) is 0 Å². The van der Waals surface area contributed by atoms with E-state index in [1.54, 1.807) is 5.56 Å². The Kier molecular flexibility index (Phi) is 2.93. The van der Waals surface area contributed by atoms with Gasteiger partial charge in [0.25, 0.3) is 0 Å². The lowest BCUT2D eigenvalue weighted by molar-refractivity contribution is 0.443. The Morgan fingerprint density at radius 2 is 1.78 bits per heavy atom. The average Bonchev–Trinajstić information content (AvgIpc) is 2.64. The highest BCUT2D eigenvalue weighted by Gasteiger charge is 2.22. The van der Waals surface area contributed by atoms with Crippen LogP contribution in [0.3, 0.4) is 0 Å². The first kappa shape index (κ1) is 11.8. The summed E-state index contributed by atoms with van der Waals surface area (Å²) < 4.78 is 2.38. The predicted octanol–water partition coefficient (Wildman–Crippen LogP) is 4.84. The van der Waals surface area contributed by atoms with E-state index in [2.05, 4.69) is 43.7 Å². The Balaban J connectivity index is 2.18. The molecule has 1 aromatic carbocycles. The molecule has 1 nitrogen and oxygen atoms in total. The van der Waals surface area contributed by atoms with Crippen LogP contribution in [0.2, 0.25) is 0 Å². The van der Waals surface area contributed by atoms with Gasteiger partial charge in [0, 0.05) is 23.6 Å². The van der Waals surface area contributed by atoms with Crippen molar-refractivity contribution < 1.29 is 0 Å². The van der Waals surface area contributed by atoms with Crippen molar-refractivity contribution in [2.45, 2.75) is 51.9 Å². The van der Waals surface area contributed by atoms with Crippen LogP contribution in [0.4, 0.5) is 0 Å². The number of fused-ring (bicyclic) bond motifs is 1. The summed E-state index contributed by atoms with van der Waals surface area (Å²) in [6.45, 7) is 4.47. The molecule has 1 heterocycles. The van der Waals surface area contributed by atoms with E-state index < -0.39 is 0 Å². The van der Waals surface area contributed by atoms with E-state index >= 15 is 0 Å². The van der Waals surface area contributed by atoms with E-state index in [0.717, 1.165) is 5.92 Å². The Hall–Kier alpha value is -1.24. The molecule has 0 saturated heterocycles. The summed E-state index contributed by atoms with van der Waals surface area (Å²) in [7, 11) is 2.21. The molecule has 96 valence electrons. The lowest BCUT2D eigenvalue weighted by Gasteiger charge is -2.22. The summed E-state index contributed by atoms with van der Waals surface area (Å²) in [6, 6.07) is 6.92. The van der Waals surface area contributed by atoms with Crippen molar-refractivity contribution in [2.24, 2.45) is 7.05 Å². The third-order valence-electron chi connectivity index (χ3n) is 4.71. The number of aromatic nitrogens is 1. The van der Waals surface area contributed by atoms with Crippen molar-refractivity contribution >= 4 is 10.9 Å². The van der Waals surface area contributed by atoms with Crippen LogP contribution < -0.4 is 0 Å². The number of nitrogens with zero attached hydrogens (tertiary/aromatic N) is 1. The minimum atomic E-state index is 0.796. The minimum absolute atomic E-state index is 0.796. The van der Waals surface area contributed by atoms with E-state index in [1.807, 2.05) is 0 Å². The summed E-state index contributed by atoms with van der Waals surface area (Å²) in [5, 5.41) is 1.49. The molecule has 3 rings (SSSR count). The van der Waals surface area contributed by atoms with Gasteiger partial charge in [0.15, 0.2) is 0 Å². The maximum atomic E-state index is 2.38. The fourth-order valence-electron chi connectivity index (χ4n) is 3.61. The van der Waals surface area contributed by atoms with Crippen molar-refractivity contribution in [2.75, 3.05) is 0 Å². The van der Waals surface area contributed by atoms with Crippen LogP contribution in [0.1, 0.15) is 54.8 Å². The van der Waals surface area contributed by atoms with Gasteiger partial charge in [-0.2, -0.15) is 0 Å². The van der Waals surface area contributed by atoms with Crippen LogP contribution in [0, 0.1) is 13.8 Å². The first-order valence-electron chi connectivity index (χ1n) is 7.24. The van der Waals surface area contributed by atoms with E-state index in [4.69, 9.17) is 0 Å². The zero-order valence-electron chi connectivity index (χ0n) is 11.8. The maximum Gasteiger partial charge on any atom is 0.0485 e. The Labute approximate surface area is 110 Å². The molecule has 0 atom stereocenters. The lowest BCUT2D eigenvalue weighted by Crippen LogP contribution is -2.06. The van der Waals surface area contributed by atoms with Crippen LogP contribution in [-0.2, 0) is 7.05 Å². The Morgan fingerprint density at radius 1 is 1.06 bits per heavy atom. The van der Waals surface area contributed by atoms with Crippen molar-refractivity contribution in [1.29, 1.82) is 0 Å². The highest BCUT2D eigenvalue weighted by molar-refractivity contribution is 5.86. The summed E-state index contributed by atoms with van der Waals surface area (Å²) in [5.74, 6) is 0.796. The predicted molar refractivity (Wildman–Crippen MR) is 78.2 cm³/mol. The number of hydrogen-bond donors (Lipinski definition) is 0. The second-order valence-electron chi connectivity index (χ2n) is 5.91. The smallest absolute Gasteiger partial charge is 0.0485 e. The number of hydrogen-bond acceptors (Lipinski definition) is 0. The summed E-state index contributed by atoms with van der Waals surface area (Å²) in [4.78, 5) is 0. The largest absolute Gasteiger partial charge is 0.348 e. The lowest BCUT2D eigenvalue weighted by atomic mass is 9.83. The number of aryl methyl sites for hydroxylation is 2.